The van der Waals surface area contributed by atoms with Crippen LogP contribution in [0.1, 0.15) is 23.8 Å². The molecule has 4 heterocycles. The van der Waals surface area contributed by atoms with Gasteiger partial charge in [-0.25, -0.2) is 14.5 Å². The Bertz CT molecular complexity index is 1280. The highest BCUT2D eigenvalue weighted by Gasteiger charge is 2.31. The second-order valence-electron chi connectivity index (χ2n) is 8.35. The van der Waals surface area contributed by atoms with Gasteiger partial charge in [-0.05, 0) is 49.9 Å². The summed E-state index contributed by atoms with van der Waals surface area (Å²) in [6.45, 7) is 2.58. The molecule has 0 fully saturated rings. The molecule has 1 aliphatic rings. The number of ether oxygens (including phenoxy) is 1. The molecule has 0 radical (unpaired) electrons. The molecule has 1 amide bonds. The number of rotatable bonds is 6. The minimum atomic E-state index is -0.00161. The molecule has 1 N–H and O–H groups in total. The Balaban J connectivity index is 1.40. The van der Waals surface area contributed by atoms with Gasteiger partial charge in [-0.1, -0.05) is 0 Å². The fraction of sp³-hybridized carbons (Fsp3) is 0.391. The fourth-order valence-electron chi connectivity index (χ4n) is 4.41. The van der Waals surface area contributed by atoms with Gasteiger partial charge in [-0.3, -0.25) is 4.79 Å². The molecule has 0 aromatic carbocycles. The van der Waals surface area contributed by atoms with Crippen molar-refractivity contribution in [3.05, 3.63) is 47.4 Å². The molecule has 2 atom stereocenters. The minimum Gasteiger partial charge on any atom is -0.380 e. The van der Waals surface area contributed by atoms with Crippen molar-refractivity contribution in [3.8, 4) is 0 Å². The van der Waals surface area contributed by atoms with E-state index in [1.165, 1.54) is 10.4 Å². The zero-order chi connectivity index (χ0) is 22.2. The van der Waals surface area contributed by atoms with Gasteiger partial charge in [0.1, 0.15) is 17.0 Å². The Labute approximate surface area is 190 Å². The molecule has 32 heavy (non-hydrogen) atoms. The summed E-state index contributed by atoms with van der Waals surface area (Å²) in [6, 6.07) is 6.00. The lowest BCUT2D eigenvalue weighted by Gasteiger charge is -2.28. The third kappa shape index (κ3) is 3.82. The number of hydrogen-bond acceptors (Lipinski definition) is 7. The number of nitrogens with one attached hydrogen (secondary N) is 1. The lowest BCUT2D eigenvalue weighted by atomic mass is 9.87. The van der Waals surface area contributed by atoms with E-state index in [1.807, 2.05) is 42.9 Å². The van der Waals surface area contributed by atoms with Crippen LogP contribution in [0.4, 0.5) is 11.5 Å². The van der Waals surface area contributed by atoms with Crippen LogP contribution in [0.3, 0.4) is 0 Å². The maximum atomic E-state index is 13.0. The normalized spacial score (nSPS) is 16.8. The predicted molar refractivity (Wildman–Crippen MR) is 126 cm³/mol. The minimum absolute atomic E-state index is 0.00161. The maximum absolute atomic E-state index is 13.0. The summed E-state index contributed by atoms with van der Waals surface area (Å²) in [5.74, 6) is 1.00. The van der Waals surface area contributed by atoms with Crippen molar-refractivity contribution in [2.45, 2.75) is 32.3 Å². The summed E-state index contributed by atoms with van der Waals surface area (Å²) >= 11 is 1.68. The van der Waals surface area contributed by atoms with Crippen molar-refractivity contribution in [1.82, 2.24) is 24.5 Å². The van der Waals surface area contributed by atoms with E-state index in [1.54, 1.807) is 35.9 Å². The SMILES string of the molecule is CO[C@@H](C)CN(C)C(=O)C1CCc2c(sc3ncnc(Nc4ccn5nccc5c4)c23)C1. The van der Waals surface area contributed by atoms with Gasteiger partial charge in [0.05, 0.1) is 17.0 Å². The first-order valence-corrected chi connectivity index (χ1v) is 11.6. The number of carbonyl (C=O) groups excluding carboxylic acids is 1. The third-order valence-electron chi connectivity index (χ3n) is 6.17. The number of nitrogens with zero attached hydrogens (tertiary/aromatic N) is 5. The van der Waals surface area contributed by atoms with E-state index >= 15 is 0 Å². The summed E-state index contributed by atoms with van der Waals surface area (Å²) in [5.41, 5.74) is 3.24. The number of pyridine rings is 1. The molecule has 1 unspecified atom stereocenters. The number of carbonyl (C=O) groups is 1. The number of fused-ring (bicyclic) bond motifs is 4. The van der Waals surface area contributed by atoms with E-state index < -0.39 is 0 Å². The molecular weight excluding hydrogens is 424 g/mol. The third-order valence-corrected chi connectivity index (χ3v) is 7.33. The molecule has 0 saturated carbocycles. The largest absolute Gasteiger partial charge is 0.380 e. The Morgan fingerprint density at radius 3 is 3.12 bits per heavy atom. The van der Waals surface area contributed by atoms with Gasteiger partial charge in [0.25, 0.3) is 0 Å². The van der Waals surface area contributed by atoms with E-state index in [2.05, 4.69) is 20.4 Å². The van der Waals surface area contributed by atoms with Crippen molar-refractivity contribution in [2.24, 2.45) is 5.92 Å². The number of aryl methyl sites for hydroxylation is 1. The number of thiophene rings is 1. The molecule has 9 heteroatoms. The first kappa shape index (κ1) is 20.8. The van der Waals surface area contributed by atoms with E-state index in [0.717, 1.165) is 46.5 Å². The molecule has 0 spiro atoms. The molecule has 0 aliphatic heterocycles. The Morgan fingerprint density at radius 2 is 2.28 bits per heavy atom. The van der Waals surface area contributed by atoms with Gasteiger partial charge in [0.2, 0.25) is 5.91 Å². The lowest BCUT2D eigenvalue weighted by Crippen LogP contribution is -2.39. The summed E-state index contributed by atoms with van der Waals surface area (Å²) in [7, 11) is 3.54. The molecule has 0 saturated heterocycles. The number of anilines is 2. The van der Waals surface area contributed by atoms with Crippen LogP contribution in [0.25, 0.3) is 15.7 Å². The van der Waals surface area contributed by atoms with Crippen LogP contribution in [0.5, 0.6) is 0 Å². The van der Waals surface area contributed by atoms with Crippen molar-refractivity contribution >= 4 is 44.5 Å². The highest BCUT2D eigenvalue weighted by Crippen LogP contribution is 2.40. The molecule has 8 nitrogen and oxygen atoms in total. The van der Waals surface area contributed by atoms with Crippen molar-refractivity contribution in [2.75, 3.05) is 26.0 Å². The number of likely N-dealkylation sites (N-methyl/N-ethyl adjacent to an activating group) is 1. The Hall–Kier alpha value is -3.04. The van der Waals surface area contributed by atoms with Gasteiger partial charge in [-0.2, -0.15) is 5.10 Å². The van der Waals surface area contributed by atoms with Crippen LogP contribution < -0.4 is 5.32 Å². The van der Waals surface area contributed by atoms with Crippen molar-refractivity contribution in [3.63, 3.8) is 0 Å². The highest BCUT2D eigenvalue weighted by molar-refractivity contribution is 7.19. The first-order chi connectivity index (χ1) is 15.5. The summed E-state index contributed by atoms with van der Waals surface area (Å²) < 4.78 is 7.14. The van der Waals surface area contributed by atoms with E-state index in [9.17, 15) is 4.79 Å². The van der Waals surface area contributed by atoms with E-state index in [-0.39, 0.29) is 17.9 Å². The van der Waals surface area contributed by atoms with Gasteiger partial charge in [-0.15, -0.1) is 11.3 Å². The van der Waals surface area contributed by atoms with Crippen LogP contribution in [0, 0.1) is 5.92 Å². The molecule has 166 valence electrons. The maximum Gasteiger partial charge on any atom is 0.225 e. The Morgan fingerprint density at radius 1 is 1.41 bits per heavy atom. The second-order valence-corrected chi connectivity index (χ2v) is 9.44. The summed E-state index contributed by atoms with van der Waals surface area (Å²) in [5, 5.41) is 8.79. The molecular formula is C23H26N6O2S. The van der Waals surface area contributed by atoms with Crippen molar-refractivity contribution < 1.29 is 9.53 Å². The molecule has 4 aromatic rings. The summed E-state index contributed by atoms with van der Waals surface area (Å²) in [4.78, 5) is 26.1. The lowest BCUT2D eigenvalue weighted by molar-refractivity contribution is -0.135. The molecule has 1 aliphatic carbocycles. The number of methoxy groups -OCH3 is 1. The van der Waals surface area contributed by atoms with Crippen LogP contribution in [-0.4, -0.2) is 57.2 Å². The van der Waals surface area contributed by atoms with Gasteiger partial charge in [0, 0.05) is 49.6 Å². The number of amides is 1. The topological polar surface area (TPSA) is 84.6 Å². The zero-order valence-electron chi connectivity index (χ0n) is 18.4. The average molecular weight is 451 g/mol. The fourth-order valence-corrected chi connectivity index (χ4v) is 5.68. The van der Waals surface area contributed by atoms with Gasteiger partial charge < -0.3 is 15.0 Å². The highest BCUT2D eigenvalue weighted by atomic mass is 32.1. The second kappa shape index (κ2) is 8.48. The van der Waals surface area contributed by atoms with Gasteiger partial charge in [0.15, 0.2) is 0 Å². The standard InChI is InChI=1S/C23H26N6O2S/c1-14(31-3)12-28(2)23(30)15-4-5-18-19(10-15)32-22-20(18)21(24-13-25-22)27-16-7-9-29-17(11-16)6-8-26-29/h6-9,11,13-15H,4-5,10,12H2,1-3H3,(H,24,25,27)/t14-,15?/m0/s1. The zero-order valence-corrected chi connectivity index (χ0v) is 19.2. The predicted octanol–water partition coefficient (Wildman–Crippen LogP) is 3.68. The quantitative estimate of drug-likeness (QED) is 0.482. The van der Waals surface area contributed by atoms with E-state index in [4.69, 9.17) is 4.74 Å². The monoisotopic (exact) mass is 450 g/mol. The van der Waals surface area contributed by atoms with Gasteiger partial charge >= 0.3 is 0 Å². The first-order valence-electron chi connectivity index (χ1n) is 10.8. The smallest absolute Gasteiger partial charge is 0.225 e. The van der Waals surface area contributed by atoms with Crippen LogP contribution in [0.2, 0.25) is 0 Å². The van der Waals surface area contributed by atoms with Crippen LogP contribution >= 0.6 is 11.3 Å². The average Bonchev–Trinajstić information content (AvgIpc) is 3.42. The Kier molecular flexibility index (Phi) is 5.52. The number of hydrogen-bond donors (Lipinski definition) is 1. The van der Waals surface area contributed by atoms with Crippen LogP contribution in [0.15, 0.2) is 36.9 Å². The molecule has 4 aromatic heterocycles. The molecule has 0 bridgehead atoms. The van der Waals surface area contributed by atoms with Crippen LogP contribution in [-0.2, 0) is 22.4 Å². The van der Waals surface area contributed by atoms with Crippen molar-refractivity contribution in [1.29, 1.82) is 0 Å². The summed E-state index contributed by atoms with van der Waals surface area (Å²) in [6.07, 6.45) is 7.77. The number of aromatic nitrogens is 4. The van der Waals surface area contributed by atoms with E-state index in [0.29, 0.717) is 6.54 Å². The molecule has 5 rings (SSSR count).